The molecule has 0 fully saturated rings. The molecule has 5 heteroatoms. The summed E-state index contributed by atoms with van der Waals surface area (Å²) in [5.41, 5.74) is 1.84. The first-order chi connectivity index (χ1) is 8.61. The zero-order valence-corrected chi connectivity index (χ0v) is 11.7. The van der Waals surface area contributed by atoms with Gasteiger partial charge in [-0.05, 0) is 38.1 Å². The Morgan fingerprint density at radius 1 is 1.50 bits per heavy atom. The van der Waals surface area contributed by atoms with Crippen molar-refractivity contribution < 1.29 is 14.4 Å². The van der Waals surface area contributed by atoms with Gasteiger partial charge in [0.1, 0.15) is 5.75 Å². The van der Waals surface area contributed by atoms with Crippen LogP contribution in [0.25, 0.3) is 6.08 Å². The molecular weight excluding hydrogens is 298 g/mol. The first kappa shape index (κ1) is 12.8. The Hall–Kier alpha value is -1.62. The Morgan fingerprint density at radius 3 is 2.89 bits per heavy atom. The molecule has 0 spiro atoms. The molecule has 0 amide bonds. The third-order valence-electron chi connectivity index (χ3n) is 2.45. The molecule has 1 aliphatic rings. The molecule has 94 valence electrons. The summed E-state index contributed by atoms with van der Waals surface area (Å²) in [7, 11) is 0. The van der Waals surface area contributed by atoms with Crippen LogP contribution in [0, 0.1) is 0 Å². The van der Waals surface area contributed by atoms with Crippen molar-refractivity contribution in [1.82, 2.24) is 0 Å². The summed E-state index contributed by atoms with van der Waals surface area (Å²) in [6.07, 6.45) is 1.73. The van der Waals surface area contributed by atoms with Gasteiger partial charge in [0.2, 0.25) is 0 Å². The van der Waals surface area contributed by atoms with Gasteiger partial charge in [-0.3, -0.25) is 0 Å². The molecule has 0 saturated carbocycles. The zero-order valence-electron chi connectivity index (χ0n) is 10.1. The fourth-order valence-electron chi connectivity index (χ4n) is 1.59. The number of halogens is 1. The Bertz CT molecular complexity index is 549. The van der Waals surface area contributed by atoms with Crippen LogP contribution in [0.1, 0.15) is 19.4 Å². The molecule has 0 aliphatic carbocycles. The van der Waals surface area contributed by atoms with Crippen molar-refractivity contribution in [3.63, 3.8) is 0 Å². The molecule has 0 bridgehead atoms. The van der Waals surface area contributed by atoms with Gasteiger partial charge in [0.05, 0.1) is 17.9 Å². The molecule has 2 rings (SSSR count). The quantitative estimate of drug-likeness (QED) is 0.636. The van der Waals surface area contributed by atoms with Gasteiger partial charge in [0.25, 0.3) is 0 Å². The maximum Gasteiger partial charge on any atom is 0.367 e. The van der Waals surface area contributed by atoms with E-state index in [-0.39, 0.29) is 0 Å². The van der Waals surface area contributed by atoms with Crippen molar-refractivity contribution in [1.29, 1.82) is 0 Å². The van der Waals surface area contributed by atoms with Crippen LogP contribution < -0.4 is 4.74 Å². The maximum atomic E-state index is 11.5. The van der Waals surface area contributed by atoms with Crippen LogP contribution in [-0.2, 0) is 9.63 Å². The Labute approximate surface area is 113 Å². The molecular formula is C13H12BrNO3. The van der Waals surface area contributed by atoms with E-state index >= 15 is 0 Å². The minimum atomic E-state index is -0.435. The average molecular weight is 310 g/mol. The van der Waals surface area contributed by atoms with E-state index in [4.69, 9.17) is 4.74 Å². The second-order valence-corrected chi connectivity index (χ2v) is 4.64. The second-order valence-electron chi connectivity index (χ2n) is 3.73. The maximum absolute atomic E-state index is 11.5. The van der Waals surface area contributed by atoms with E-state index in [1.54, 1.807) is 13.0 Å². The lowest BCUT2D eigenvalue weighted by Crippen LogP contribution is -2.02. The normalized spacial score (nSPS) is 16.7. The molecule has 4 nitrogen and oxygen atoms in total. The number of hydrogen-bond donors (Lipinski definition) is 0. The van der Waals surface area contributed by atoms with Crippen LogP contribution in [0.4, 0.5) is 0 Å². The highest BCUT2D eigenvalue weighted by Gasteiger charge is 2.22. The highest BCUT2D eigenvalue weighted by atomic mass is 79.9. The van der Waals surface area contributed by atoms with Crippen molar-refractivity contribution in [3.8, 4) is 5.75 Å². The third-order valence-corrected chi connectivity index (χ3v) is 2.94. The summed E-state index contributed by atoms with van der Waals surface area (Å²) >= 11 is 3.40. The predicted molar refractivity (Wildman–Crippen MR) is 72.5 cm³/mol. The first-order valence-corrected chi connectivity index (χ1v) is 6.31. The van der Waals surface area contributed by atoms with E-state index in [0.717, 1.165) is 15.8 Å². The van der Waals surface area contributed by atoms with E-state index in [2.05, 4.69) is 25.9 Å². The van der Waals surface area contributed by atoms with E-state index in [0.29, 0.717) is 17.9 Å². The first-order valence-electron chi connectivity index (χ1n) is 5.52. The van der Waals surface area contributed by atoms with Crippen LogP contribution in [-0.4, -0.2) is 18.3 Å². The Balaban J connectivity index is 2.44. The second kappa shape index (κ2) is 5.35. The molecule has 0 N–H and O–H groups in total. The summed E-state index contributed by atoms with van der Waals surface area (Å²) in [6, 6.07) is 5.63. The van der Waals surface area contributed by atoms with Crippen molar-refractivity contribution in [3.05, 3.63) is 33.8 Å². The number of oxime groups is 1. The highest BCUT2D eigenvalue weighted by molar-refractivity contribution is 9.10. The fraction of sp³-hybridized carbons (Fsp3) is 0.231. The molecule has 18 heavy (non-hydrogen) atoms. The summed E-state index contributed by atoms with van der Waals surface area (Å²) in [5, 5.41) is 3.64. The zero-order chi connectivity index (χ0) is 13.1. The topological polar surface area (TPSA) is 47.9 Å². The minimum absolute atomic E-state index is 0.435. The van der Waals surface area contributed by atoms with Crippen molar-refractivity contribution in [2.45, 2.75) is 13.8 Å². The average Bonchev–Trinajstić information content (AvgIpc) is 2.64. The SMILES string of the molecule is CCOc1ccc(Br)cc1/C=C1\C(=O)ON=C1C. The summed E-state index contributed by atoms with van der Waals surface area (Å²) < 4.78 is 6.43. The van der Waals surface area contributed by atoms with Crippen LogP contribution in [0.15, 0.2) is 33.4 Å². The molecule has 1 aromatic carbocycles. The third kappa shape index (κ3) is 2.61. The summed E-state index contributed by atoms with van der Waals surface area (Å²) in [4.78, 5) is 16.1. The summed E-state index contributed by atoms with van der Waals surface area (Å²) in [5.74, 6) is 0.288. The molecule has 0 unspecified atom stereocenters. The number of carbonyl (C=O) groups is 1. The number of rotatable bonds is 3. The Morgan fingerprint density at radius 2 is 2.28 bits per heavy atom. The number of carbonyl (C=O) groups excluding carboxylic acids is 1. The molecule has 0 atom stereocenters. The standard InChI is InChI=1S/C13H12BrNO3/c1-3-17-12-5-4-10(14)6-9(12)7-11-8(2)15-18-13(11)16/h4-7H,3H2,1-2H3/b11-7-. The minimum Gasteiger partial charge on any atom is -0.493 e. The lowest BCUT2D eigenvalue weighted by molar-refractivity contribution is -0.136. The van der Waals surface area contributed by atoms with Crippen LogP contribution in [0.2, 0.25) is 0 Å². The summed E-state index contributed by atoms with van der Waals surface area (Å²) in [6.45, 7) is 4.21. The number of nitrogens with zero attached hydrogens (tertiary/aromatic N) is 1. The van der Waals surface area contributed by atoms with Gasteiger partial charge < -0.3 is 9.57 Å². The van der Waals surface area contributed by atoms with Gasteiger partial charge in [-0.25, -0.2) is 4.79 Å². The van der Waals surface area contributed by atoms with E-state index in [1.807, 2.05) is 25.1 Å². The number of ether oxygens (including phenoxy) is 1. The van der Waals surface area contributed by atoms with Gasteiger partial charge in [0.15, 0.2) is 0 Å². The molecule has 0 radical (unpaired) electrons. The van der Waals surface area contributed by atoms with E-state index in [1.165, 1.54) is 0 Å². The predicted octanol–water partition coefficient (Wildman–Crippen LogP) is 3.16. The number of benzene rings is 1. The lowest BCUT2D eigenvalue weighted by Gasteiger charge is -2.08. The smallest absolute Gasteiger partial charge is 0.367 e. The van der Waals surface area contributed by atoms with Gasteiger partial charge in [0, 0.05) is 10.0 Å². The van der Waals surface area contributed by atoms with Gasteiger partial charge in [-0.2, -0.15) is 0 Å². The molecule has 1 aliphatic heterocycles. The monoisotopic (exact) mass is 309 g/mol. The van der Waals surface area contributed by atoms with Crippen LogP contribution >= 0.6 is 15.9 Å². The van der Waals surface area contributed by atoms with Crippen LogP contribution in [0.3, 0.4) is 0 Å². The van der Waals surface area contributed by atoms with Gasteiger partial charge in [-0.15, -0.1) is 0 Å². The van der Waals surface area contributed by atoms with Crippen molar-refractivity contribution >= 4 is 33.7 Å². The molecule has 1 heterocycles. The number of hydrogen-bond acceptors (Lipinski definition) is 4. The molecule has 1 aromatic rings. The van der Waals surface area contributed by atoms with E-state index < -0.39 is 5.97 Å². The van der Waals surface area contributed by atoms with Crippen LogP contribution in [0.5, 0.6) is 5.75 Å². The van der Waals surface area contributed by atoms with Crippen molar-refractivity contribution in [2.75, 3.05) is 6.61 Å². The van der Waals surface area contributed by atoms with Crippen molar-refractivity contribution in [2.24, 2.45) is 5.16 Å². The largest absolute Gasteiger partial charge is 0.493 e. The van der Waals surface area contributed by atoms with E-state index in [9.17, 15) is 4.79 Å². The Kier molecular flexibility index (Phi) is 3.81. The lowest BCUT2D eigenvalue weighted by atomic mass is 10.1. The molecule has 0 saturated heterocycles. The molecule has 0 aromatic heterocycles. The van der Waals surface area contributed by atoms with Gasteiger partial charge >= 0.3 is 5.97 Å². The van der Waals surface area contributed by atoms with Gasteiger partial charge in [-0.1, -0.05) is 21.1 Å². The highest BCUT2D eigenvalue weighted by Crippen LogP contribution is 2.27. The fourth-order valence-corrected chi connectivity index (χ4v) is 1.97.